The van der Waals surface area contributed by atoms with Gasteiger partial charge in [-0.1, -0.05) is 0 Å². The van der Waals surface area contributed by atoms with Crippen LogP contribution in [0.3, 0.4) is 0 Å². The number of furan rings is 1. The minimum Gasteiger partial charge on any atom is -0.462 e. The summed E-state index contributed by atoms with van der Waals surface area (Å²) in [4.78, 5) is 16.1. The third-order valence-corrected chi connectivity index (χ3v) is 5.17. The maximum atomic E-state index is 11.9. The van der Waals surface area contributed by atoms with E-state index in [4.69, 9.17) is 9.15 Å². The van der Waals surface area contributed by atoms with E-state index in [-0.39, 0.29) is 5.70 Å². The second kappa shape index (κ2) is 5.76. The summed E-state index contributed by atoms with van der Waals surface area (Å²) in [6.45, 7) is 1.84. The van der Waals surface area contributed by atoms with Crippen molar-refractivity contribution in [2.75, 3.05) is 0 Å². The summed E-state index contributed by atoms with van der Waals surface area (Å²) in [6.07, 6.45) is 1.57. The van der Waals surface area contributed by atoms with Crippen molar-refractivity contribution >= 4 is 56.5 Å². The number of aliphatic imine (C=N–C) groups is 1. The first-order valence-electron chi connectivity index (χ1n) is 6.07. The summed E-state index contributed by atoms with van der Waals surface area (Å²) in [5.41, 5.74) is 0.976. The third kappa shape index (κ3) is 3.11. The van der Waals surface area contributed by atoms with Crippen molar-refractivity contribution in [3.05, 3.63) is 61.2 Å². The minimum absolute atomic E-state index is 0.231. The van der Waals surface area contributed by atoms with Gasteiger partial charge in [-0.05, 0) is 75.8 Å². The lowest BCUT2D eigenvalue weighted by molar-refractivity contribution is -0.129. The van der Waals surface area contributed by atoms with Crippen molar-refractivity contribution in [1.82, 2.24) is 0 Å². The van der Waals surface area contributed by atoms with Gasteiger partial charge in [0.05, 0.1) is 0 Å². The number of hydrogen-bond acceptors (Lipinski definition) is 4. The Balaban J connectivity index is 1.95. The van der Waals surface area contributed by atoms with E-state index in [1.165, 1.54) is 0 Å². The van der Waals surface area contributed by atoms with Crippen LogP contribution in [0.4, 0.5) is 0 Å². The molecule has 1 aliphatic rings. The molecule has 106 valence electrons. The fourth-order valence-corrected chi connectivity index (χ4v) is 2.54. The fraction of sp³-hybridized carbons (Fsp3) is 0.0667. The van der Waals surface area contributed by atoms with Crippen LogP contribution in [0, 0.1) is 10.5 Å². The molecule has 0 amide bonds. The summed E-state index contributed by atoms with van der Waals surface area (Å²) >= 11 is 5.66. The lowest BCUT2D eigenvalue weighted by atomic mass is 10.2. The molecule has 21 heavy (non-hydrogen) atoms. The van der Waals surface area contributed by atoms with E-state index < -0.39 is 5.97 Å². The molecule has 2 heterocycles. The number of carbonyl (C=O) groups is 1. The van der Waals surface area contributed by atoms with Crippen LogP contribution < -0.4 is 0 Å². The minimum atomic E-state index is -0.478. The number of benzene rings is 1. The molecule has 0 bridgehead atoms. The quantitative estimate of drug-likeness (QED) is 0.384. The van der Waals surface area contributed by atoms with Gasteiger partial charge >= 0.3 is 5.97 Å². The molecule has 6 heteroatoms. The number of hydrogen-bond donors (Lipinski definition) is 0. The molecule has 0 N–H and O–H groups in total. The molecule has 1 aromatic carbocycles. The molecular weight excluding hydrogens is 449 g/mol. The van der Waals surface area contributed by atoms with Crippen LogP contribution in [0.25, 0.3) is 6.08 Å². The van der Waals surface area contributed by atoms with E-state index in [9.17, 15) is 4.79 Å². The summed E-state index contributed by atoms with van der Waals surface area (Å²) in [5, 5.41) is 0. The normalized spacial score (nSPS) is 16.2. The summed E-state index contributed by atoms with van der Waals surface area (Å²) in [7, 11) is 0. The van der Waals surface area contributed by atoms with Gasteiger partial charge in [0, 0.05) is 19.7 Å². The van der Waals surface area contributed by atoms with Gasteiger partial charge < -0.3 is 9.15 Å². The highest BCUT2D eigenvalue weighted by molar-refractivity contribution is 14.1. The topological polar surface area (TPSA) is 51.8 Å². The zero-order chi connectivity index (χ0) is 15.0. The predicted molar refractivity (Wildman–Crippen MR) is 90.9 cm³/mol. The van der Waals surface area contributed by atoms with Crippen LogP contribution in [0.2, 0.25) is 0 Å². The third-order valence-electron chi connectivity index (χ3n) is 2.83. The highest BCUT2D eigenvalue weighted by Crippen LogP contribution is 2.24. The molecular formula is C15H9BrINO3. The molecule has 0 saturated heterocycles. The molecule has 0 saturated carbocycles. The number of halogens is 2. The summed E-state index contributed by atoms with van der Waals surface area (Å²) in [6, 6.07) is 9.26. The van der Waals surface area contributed by atoms with Crippen LogP contribution in [-0.2, 0) is 9.53 Å². The average Bonchev–Trinajstić information content (AvgIpc) is 3.00. The van der Waals surface area contributed by atoms with E-state index >= 15 is 0 Å². The largest absolute Gasteiger partial charge is 0.462 e. The van der Waals surface area contributed by atoms with Crippen LogP contribution in [0.1, 0.15) is 17.1 Å². The Morgan fingerprint density at radius 3 is 2.76 bits per heavy atom. The van der Waals surface area contributed by atoms with Crippen molar-refractivity contribution in [2.45, 2.75) is 6.92 Å². The van der Waals surface area contributed by atoms with Gasteiger partial charge in [-0.25, -0.2) is 9.79 Å². The highest BCUT2D eigenvalue weighted by Gasteiger charge is 2.24. The van der Waals surface area contributed by atoms with E-state index in [1.54, 1.807) is 12.1 Å². The zero-order valence-corrected chi connectivity index (χ0v) is 14.6. The first kappa shape index (κ1) is 14.5. The number of nitrogens with zero attached hydrogens (tertiary/aromatic N) is 1. The smallest absolute Gasteiger partial charge is 0.363 e. The Bertz CT molecular complexity index is 792. The van der Waals surface area contributed by atoms with E-state index in [2.05, 4.69) is 43.5 Å². The molecule has 0 unspecified atom stereocenters. The molecule has 4 nitrogen and oxygen atoms in total. The number of aryl methyl sites for hydroxylation is 1. The van der Waals surface area contributed by atoms with Gasteiger partial charge in [0.15, 0.2) is 5.70 Å². The molecule has 0 fully saturated rings. The van der Waals surface area contributed by atoms with Gasteiger partial charge in [-0.15, -0.1) is 0 Å². The van der Waals surface area contributed by atoms with Gasteiger partial charge in [0.1, 0.15) is 11.5 Å². The number of ether oxygens (including phenoxy) is 1. The maximum Gasteiger partial charge on any atom is 0.363 e. The van der Waals surface area contributed by atoms with Gasteiger partial charge in [-0.3, -0.25) is 0 Å². The Morgan fingerprint density at radius 1 is 1.29 bits per heavy atom. The summed E-state index contributed by atoms with van der Waals surface area (Å²) in [5.74, 6) is 1.17. The average molecular weight is 458 g/mol. The molecule has 2 aromatic rings. The van der Waals surface area contributed by atoms with Gasteiger partial charge in [0.2, 0.25) is 5.90 Å². The maximum absolute atomic E-state index is 11.9. The van der Waals surface area contributed by atoms with Gasteiger partial charge in [-0.2, -0.15) is 0 Å². The van der Waals surface area contributed by atoms with Crippen LogP contribution in [-0.4, -0.2) is 11.9 Å². The molecule has 3 rings (SSSR count). The van der Waals surface area contributed by atoms with E-state index in [0.29, 0.717) is 11.7 Å². The van der Waals surface area contributed by atoms with Crippen LogP contribution in [0.15, 0.2) is 49.9 Å². The van der Waals surface area contributed by atoms with Crippen molar-refractivity contribution < 1.29 is 13.9 Å². The number of esters is 1. The molecule has 1 aliphatic heterocycles. The zero-order valence-electron chi connectivity index (χ0n) is 10.9. The molecule has 1 aromatic heterocycles. The van der Waals surface area contributed by atoms with Crippen LogP contribution in [0.5, 0.6) is 0 Å². The highest BCUT2D eigenvalue weighted by atomic mass is 127. The first-order valence-corrected chi connectivity index (χ1v) is 7.94. The lowest BCUT2D eigenvalue weighted by Gasteiger charge is -2.01. The second-order valence-electron chi connectivity index (χ2n) is 4.41. The summed E-state index contributed by atoms with van der Waals surface area (Å²) < 4.78 is 12.6. The second-order valence-corrected chi connectivity index (χ2v) is 6.43. The molecule has 0 aliphatic carbocycles. The Labute approximate surface area is 143 Å². The molecule has 0 spiro atoms. The Kier molecular flexibility index (Phi) is 3.99. The van der Waals surface area contributed by atoms with Crippen LogP contribution >= 0.6 is 38.5 Å². The number of carbonyl (C=O) groups excluding carboxylic acids is 1. The predicted octanol–water partition coefficient (Wildman–Crippen LogP) is 4.30. The first-order chi connectivity index (χ1) is 10.0. The number of cyclic esters (lactones) is 1. The lowest BCUT2D eigenvalue weighted by Crippen LogP contribution is -2.05. The van der Waals surface area contributed by atoms with E-state index in [1.807, 2.05) is 31.2 Å². The SMILES string of the molecule is Cc1ccc(/C=C2\N=C(c3ccc(I)c(Br)c3)OC2=O)o1. The van der Waals surface area contributed by atoms with Gasteiger partial charge in [0.25, 0.3) is 0 Å². The van der Waals surface area contributed by atoms with Crippen molar-refractivity contribution in [3.63, 3.8) is 0 Å². The molecule has 0 radical (unpaired) electrons. The monoisotopic (exact) mass is 457 g/mol. The van der Waals surface area contributed by atoms with Crippen molar-refractivity contribution in [2.24, 2.45) is 4.99 Å². The van der Waals surface area contributed by atoms with Crippen molar-refractivity contribution in [1.29, 1.82) is 0 Å². The Morgan fingerprint density at radius 2 is 2.10 bits per heavy atom. The van der Waals surface area contributed by atoms with Crippen molar-refractivity contribution in [3.8, 4) is 0 Å². The number of rotatable bonds is 2. The Hall–Kier alpha value is -1.41. The molecule has 0 atom stereocenters. The standard InChI is InChI=1S/C15H9BrINO3/c1-8-2-4-10(20-8)7-13-15(19)21-14(18-13)9-3-5-12(17)11(16)6-9/h2-7H,1H3/b13-7-. The van der Waals surface area contributed by atoms with E-state index in [0.717, 1.165) is 19.4 Å². The fourth-order valence-electron chi connectivity index (χ4n) is 1.83.